The molecular weight excluding hydrogens is 180 g/mol. The third-order valence-corrected chi connectivity index (χ3v) is 2.39. The topological polar surface area (TPSA) is 45.3 Å². The normalized spacial score (nSPS) is 18.3. The van der Waals surface area contributed by atoms with Crippen molar-refractivity contribution in [3.05, 3.63) is 23.5 Å². The van der Waals surface area contributed by atoms with Crippen molar-refractivity contribution >= 4 is 6.29 Å². The van der Waals surface area contributed by atoms with E-state index >= 15 is 0 Å². The summed E-state index contributed by atoms with van der Waals surface area (Å²) in [7, 11) is 0. The number of rotatable bonds is 3. The number of nitrogens with one attached hydrogen (secondary N) is 1. The van der Waals surface area contributed by atoms with Gasteiger partial charge in [0.15, 0.2) is 6.29 Å². The second-order valence-corrected chi connectivity index (χ2v) is 3.45. The van der Waals surface area contributed by atoms with Crippen LogP contribution in [-0.2, 0) is 11.3 Å². The number of ether oxygens (including phenoxy) is 1. The van der Waals surface area contributed by atoms with Gasteiger partial charge in [-0.05, 0) is 12.1 Å². The SMILES string of the molecule is O=Cc1ccc(CN2CCOCC2)[nH]1. The molecule has 2 heterocycles. The van der Waals surface area contributed by atoms with Crippen molar-refractivity contribution in [2.45, 2.75) is 6.54 Å². The second kappa shape index (κ2) is 4.39. The maximum Gasteiger partial charge on any atom is 0.166 e. The molecule has 0 aromatic carbocycles. The molecular formula is C10H14N2O2. The molecule has 2 rings (SSSR count). The molecule has 4 nitrogen and oxygen atoms in total. The van der Waals surface area contributed by atoms with E-state index in [1.807, 2.05) is 12.1 Å². The van der Waals surface area contributed by atoms with Crippen molar-refractivity contribution in [2.75, 3.05) is 26.3 Å². The standard InChI is InChI=1S/C10H14N2O2/c13-8-10-2-1-9(11-10)7-12-3-5-14-6-4-12/h1-2,8,11H,3-7H2. The molecule has 0 aliphatic carbocycles. The van der Waals surface area contributed by atoms with E-state index in [0.29, 0.717) is 5.69 Å². The monoisotopic (exact) mass is 194 g/mol. The lowest BCUT2D eigenvalue weighted by Gasteiger charge is -2.25. The number of aldehydes is 1. The molecule has 0 saturated carbocycles. The smallest absolute Gasteiger partial charge is 0.166 e. The lowest BCUT2D eigenvalue weighted by atomic mass is 10.3. The Labute approximate surface area is 82.9 Å². The molecule has 0 bridgehead atoms. The van der Waals surface area contributed by atoms with Gasteiger partial charge in [0.1, 0.15) is 0 Å². The van der Waals surface area contributed by atoms with Crippen molar-refractivity contribution < 1.29 is 9.53 Å². The van der Waals surface area contributed by atoms with Crippen LogP contribution in [0.3, 0.4) is 0 Å². The van der Waals surface area contributed by atoms with Gasteiger partial charge in [-0.2, -0.15) is 0 Å². The Kier molecular flexibility index (Phi) is 2.96. The van der Waals surface area contributed by atoms with E-state index in [9.17, 15) is 4.79 Å². The number of H-pyrrole nitrogens is 1. The van der Waals surface area contributed by atoms with Gasteiger partial charge < -0.3 is 9.72 Å². The molecule has 1 aliphatic rings. The highest BCUT2D eigenvalue weighted by molar-refractivity contribution is 5.71. The first kappa shape index (κ1) is 9.43. The summed E-state index contributed by atoms with van der Waals surface area (Å²) in [5, 5.41) is 0. The highest BCUT2D eigenvalue weighted by Crippen LogP contribution is 2.06. The van der Waals surface area contributed by atoms with Gasteiger partial charge in [0.25, 0.3) is 0 Å². The number of hydrogen-bond acceptors (Lipinski definition) is 3. The molecule has 1 aliphatic heterocycles. The van der Waals surface area contributed by atoms with Gasteiger partial charge in [-0.25, -0.2) is 0 Å². The van der Waals surface area contributed by atoms with Crippen LogP contribution in [0, 0.1) is 0 Å². The molecule has 14 heavy (non-hydrogen) atoms. The maximum absolute atomic E-state index is 10.4. The fraction of sp³-hybridized carbons (Fsp3) is 0.500. The Morgan fingerprint density at radius 3 is 2.86 bits per heavy atom. The van der Waals surface area contributed by atoms with Gasteiger partial charge in [0.05, 0.1) is 18.9 Å². The van der Waals surface area contributed by atoms with Gasteiger partial charge in [-0.3, -0.25) is 9.69 Å². The molecule has 0 spiro atoms. The fourth-order valence-electron chi connectivity index (χ4n) is 1.62. The molecule has 1 saturated heterocycles. The Bertz CT molecular complexity index is 303. The van der Waals surface area contributed by atoms with Crippen LogP contribution >= 0.6 is 0 Å². The minimum absolute atomic E-state index is 0.647. The predicted octanol–water partition coefficient (Wildman–Crippen LogP) is 0.659. The molecule has 1 aromatic rings. The Hall–Kier alpha value is -1.13. The first-order chi connectivity index (χ1) is 6.88. The fourth-order valence-corrected chi connectivity index (χ4v) is 1.62. The lowest BCUT2D eigenvalue weighted by molar-refractivity contribution is 0.0337. The highest BCUT2D eigenvalue weighted by Gasteiger charge is 2.11. The van der Waals surface area contributed by atoms with Gasteiger partial charge in [0, 0.05) is 25.3 Å². The summed E-state index contributed by atoms with van der Waals surface area (Å²) in [6, 6.07) is 3.77. The molecule has 1 N–H and O–H groups in total. The van der Waals surface area contributed by atoms with E-state index in [2.05, 4.69) is 9.88 Å². The van der Waals surface area contributed by atoms with Crippen LogP contribution in [0.5, 0.6) is 0 Å². The Morgan fingerprint density at radius 2 is 2.21 bits per heavy atom. The zero-order valence-electron chi connectivity index (χ0n) is 8.03. The van der Waals surface area contributed by atoms with Gasteiger partial charge in [-0.15, -0.1) is 0 Å². The first-order valence-electron chi connectivity index (χ1n) is 4.81. The lowest BCUT2D eigenvalue weighted by Crippen LogP contribution is -2.35. The van der Waals surface area contributed by atoms with Crippen molar-refractivity contribution in [3.8, 4) is 0 Å². The van der Waals surface area contributed by atoms with Crippen LogP contribution in [0.15, 0.2) is 12.1 Å². The van der Waals surface area contributed by atoms with E-state index in [1.54, 1.807) is 0 Å². The van der Waals surface area contributed by atoms with E-state index in [1.165, 1.54) is 0 Å². The molecule has 4 heteroatoms. The summed E-state index contributed by atoms with van der Waals surface area (Å²) in [5.41, 5.74) is 1.74. The summed E-state index contributed by atoms with van der Waals surface area (Å²) < 4.78 is 5.26. The van der Waals surface area contributed by atoms with Crippen LogP contribution in [-0.4, -0.2) is 42.5 Å². The van der Waals surface area contributed by atoms with E-state index < -0.39 is 0 Å². The second-order valence-electron chi connectivity index (χ2n) is 3.45. The predicted molar refractivity (Wildman–Crippen MR) is 52.3 cm³/mol. The van der Waals surface area contributed by atoms with Crippen LogP contribution < -0.4 is 0 Å². The minimum Gasteiger partial charge on any atom is -0.379 e. The van der Waals surface area contributed by atoms with Crippen LogP contribution in [0.4, 0.5) is 0 Å². The zero-order chi connectivity index (χ0) is 9.80. The number of carbonyl (C=O) groups is 1. The number of hydrogen-bond donors (Lipinski definition) is 1. The average Bonchev–Trinajstić information content (AvgIpc) is 2.67. The number of aromatic amines is 1. The Balaban J connectivity index is 1.92. The molecule has 76 valence electrons. The molecule has 1 aromatic heterocycles. The molecule has 0 radical (unpaired) electrons. The van der Waals surface area contributed by atoms with Crippen molar-refractivity contribution in [2.24, 2.45) is 0 Å². The van der Waals surface area contributed by atoms with E-state index in [0.717, 1.165) is 44.8 Å². The van der Waals surface area contributed by atoms with E-state index in [-0.39, 0.29) is 0 Å². The molecule has 0 atom stereocenters. The first-order valence-corrected chi connectivity index (χ1v) is 4.81. The van der Waals surface area contributed by atoms with Crippen molar-refractivity contribution in [1.29, 1.82) is 0 Å². The largest absolute Gasteiger partial charge is 0.379 e. The molecule has 0 unspecified atom stereocenters. The number of morpholine rings is 1. The van der Waals surface area contributed by atoms with E-state index in [4.69, 9.17) is 4.74 Å². The van der Waals surface area contributed by atoms with Crippen molar-refractivity contribution in [3.63, 3.8) is 0 Å². The summed E-state index contributed by atoms with van der Waals surface area (Å²) in [6.45, 7) is 4.42. The van der Waals surface area contributed by atoms with Gasteiger partial charge in [-0.1, -0.05) is 0 Å². The van der Waals surface area contributed by atoms with Crippen molar-refractivity contribution in [1.82, 2.24) is 9.88 Å². The number of aromatic nitrogens is 1. The summed E-state index contributed by atoms with van der Waals surface area (Å²) in [4.78, 5) is 15.8. The van der Waals surface area contributed by atoms with Crippen LogP contribution in [0.1, 0.15) is 16.2 Å². The highest BCUT2D eigenvalue weighted by atomic mass is 16.5. The van der Waals surface area contributed by atoms with Crippen LogP contribution in [0.25, 0.3) is 0 Å². The summed E-state index contributed by atoms with van der Waals surface area (Å²) in [5.74, 6) is 0. The number of nitrogens with zero attached hydrogens (tertiary/aromatic N) is 1. The Morgan fingerprint density at radius 1 is 1.43 bits per heavy atom. The average molecular weight is 194 g/mol. The minimum atomic E-state index is 0.647. The third kappa shape index (κ3) is 2.21. The van der Waals surface area contributed by atoms with Crippen LogP contribution in [0.2, 0.25) is 0 Å². The quantitative estimate of drug-likeness (QED) is 0.719. The summed E-state index contributed by atoms with van der Waals surface area (Å²) >= 11 is 0. The summed E-state index contributed by atoms with van der Waals surface area (Å²) in [6.07, 6.45) is 0.836. The maximum atomic E-state index is 10.4. The molecule has 1 fully saturated rings. The molecule has 0 amide bonds. The zero-order valence-corrected chi connectivity index (χ0v) is 8.03. The third-order valence-electron chi connectivity index (χ3n) is 2.39. The number of carbonyl (C=O) groups excluding carboxylic acids is 1. The van der Waals surface area contributed by atoms with Gasteiger partial charge >= 0.3 is 0 Å². The van der Waals surface area contributed by atoms with Gasteiger partial charge in [0.2, 0.25) is 0 Å².